The molecule has 0 bridgehead atoms. The molecule has 0 atom stereocenters. The number of benzene rings is 1. The lowest BCUT2D eigenvalue weighted by molar-refractivity contribution is 0.208. The molecule has 2 N–H and O–H groups in total. The van der Waals surface area contributed by atoms with Crippen molar-refractivity contribution in [2.24, 2.45) is 5.92 Å². The molecule has 4 rings (SSSR count). The number of aryl methyl sites for hydroxylation is 2. The van der Waals surface area contributed by atoms with Crippen molar-refractivity contribution in [2.75, 3.05) is 26.3 Å². The van der Waals surface area contributed by atoms with Gasteiger partial charge in [0.2, 0.25) is 10.0 Å². The number of ether oxygens (including phenoxy) is 1. The van der Waals surface area contributed by atoms with Crippen molar-refractivity contribution in [1.29, 1.82) is 0 Å². The Bertz CT molecular complexity index is 1370. The van der Waals surface area contributed by atoms with E-state index >= 15 is 0 Å². The van der Waals surface area contributed by atoms with E-state index in [9.17, 15) is 18.3 Å². The largest absolute Gasteiger partial charge is 0.493 e. The van der Waals surface area contributed by atoms with Gasteiger partial charge in [0.25, 0.3) is 5.56 Å². The fourth-order valence-corrected chi connectivity index (χ4v) is 6.39. The second-order valence-corrected chi connectivity index (χ2v) is 11.4. The van der Waals surface area contributed by atoms with Crippen molar-refractivity contribution in [3.63, 3.8) is 0 Å². The maximum atomic E-state index is 13.5. The standard InChI is InChI=1S/C26H36N4O5S/c1-4-6-20-16-18(3)24-26(32)27-25(28-30(20)24)22-17-21(7-8-23(22)35-15-5-2)36(33,34)29-12-9-19(10-13-29)11-14-31/h7-8,16-17,19,31H,4-6,9-15H2,1-3H3,(H,27,28,32). The van der Waals surface area contributed by atoms with Crippen molar-refractivity contribution >= 4 is 15.5 Å². The molecule has 0 spiro atoms. The molecule has 0 radical (unpaired) electrons. The molecular weight excluding hydrogens is 480 g/mol. The van der Waals surface area contributed by atoms with Crippen LogP contribution in [0.1, 0.15) is 57.2 Å². The van der Waals surface area contributed by atoms with Crippen molar-refractivity contribution in [2.45, 2.75) is 64.2 Å². The Morgan fingerprint density at radius 3 is 2.58 bits per heavy atom. The van der Waals surface area contributed by atoms with E-state index in [0.717, 1.165) is 43.4 Å². The number of sulfonamides is 1. The predicted molar refractivity (Wildman–Crippen MR) is 139 cm³/mol. The number of piperidine rings is 1. The Morgan fingerprint density at radius 1 is 1.17 bits per heavy atom. The number of aromatic amines is 1. The zero-order valence-electron chi connectivity index (χ0n) is 21.3. The minimum absolute atomic E-state index is 0.121. The van der Waals surface area contributed by atoms with E-state index in [1.807, 2.05) is 19.9 Å². The van der Waals surface area contributed by atoms with Crippen LogP contribution in [-0.2, 0) is 16.4 Å². The van der Waals surface area contributed by atoms with E-state index in [1.165, 1.54) is 4.31 Å². The molecule has 36 heavy (non-hydrogen) atoms. The summed E-state index contributed by atoms with van der Waals surface area (Å²) in [5.74, 6) is 1.08. The number of aliphatic hydroxyl groups is 1. The number of aliphatic hydroxyl groups excluding tert-OH is 1. The fraction of sp³-hybridized carbons (Fsp3) is 0.538. The quantitative estimate of drug-likeness (QED) is 0.426. The van der Waals surface area contributed by atoms with Crippen LogP contribution in [0.4, 0.5) is 0 Å². The topological polar surface area (TPSA) is 117 Å². The average molecular weight is 517 g/mol. The van der Waals surface area contributed by atoms with Crippen LogP contribution in [0.25, 0.3) is 16.9 Å². The summed E-state index contributed by atoms with van der Waals surface area (Å²) >= 11 is 0. The van der Waals surface area contributed by atoms with Gasteiger partial charge in [-0.1, -0.05) is 20.3 Å². The van der Waals surface area contributed by atoms with E-state index in [4.69, 9.17) is 9.84 Å². The summed E-state index contributed by atoms with van der Waals surface area (Å²) in [4.78, 5) is 16.0. The van der Waals surface area contributed by atoms with Crippen LogP contribution in [-0.4, -0.2) is 58.7 Å². The molecule has 0 unspecified atom stereocenters. The van der Waals surface area contributed by atoms with Gasteiger partial charge in [0.05, 0.1) is 17.1 Å². The maximum absolute atomic E-state index is 13.5. The number of rotatable bonds is 10. The molecule has 2 aromatic heterocycles. The molecular formula is C26H36N4O5S. The number of aromatic nitrogens is 3. The number of hydrogen-bond donors (Lipinski definition) is 2. The molecule has 10 heteroatoms. The predicted octanol–water partition coefficient (Wildman–Crippen LogP) is 3.52. The molecule has 1 saturated heterocycles. The van der Waals surface area contributed by atoms with Crippen LogP contribution in [0.2, 0.25) is 0 Å². The number of fused-ring (bicyclic) bond motifs is 1. The highest BCUT2D eigenvalue weighted by Crippen LogP contribution is 2.33. The van der Waals surface area contributed by atoms with Gasteiger partial charge in [0, 0.05) is 25.4 Å². The van der Waals surface area contributed by atoms with Crippen molar-refractivity contribution < 1.29 is 18.3 Å². The van der Waals surface area contributed by atoms with Gasteiger partial charge in [-0.15, -0.1) is 5.10 Å². The smallest absolute Gasteiger partial charge is 0.275 e. The third-order valence-corrected chi connectivity index (χ3v) is 8.70. The first kappa shape index (κ1) is 26.4. The average Bonchev–Trinajstić information content (AvgIpc) is 3.18. The van der Waals surface area contributed by atoms with Crippen LogP contribution in [0.3, 0.4) is 0 Å². The minimum atomic E-state index is -3.74. The molecule has 0 saturated carbocycles. The first-order valence-corrected chi connectivity index (χ1v) is 14.2. The summed E-state index contributed by atoms with van der Waals surface area (Å²) in [5, 5.41) is 13.9. The molecule has 0 aliphatic carbocycles. The van der Waals surface area contributed by atoms with Gasteiger partial charge >= 0.3 is 0 Å². The van der Waals surface area contributed by atoms with Gasteiger partial charge in [-0.2, -0.15) is 4.31 Å². The second-order valence-electron chi connectivity index (χ2n) is 9.50. The number of H-pyrrole nitrogens is 1. The van der Waals surface area contributed by atoms with Gasteiger partial charge in [-0.3, -0.25) is 4.79 Å². The number of hydrogen-bond acceptors (Lipinski definition) is 6. The molecule has 1 fully saturated rings. The summed E-state index contributed by atoms with van der Waals surface area (Å²) in [6.45, 7) is 7.36. The van der Waals surface area contributed by atoms with Crippen molar-refractivity contribution in [3.8, 4) is 17.1 Å². The van der Waals surface area contributed by atoms with Gasteiger partial charge in [0.15, 0.2) is 5.82 Å². The van der Waals surface area contributed by atoms with E-state index in [0.29, 0.717) is 48.9 Å². The van der Waals surface area contributed by atoms with Crippen LogP contribution in [0, 0.1) is 12.8 Å². The molecule has 1 aliphatic rings. The fourth-order valence-electron chi connectivity index (χ4n) is 4.89. The van der Waals surface area contributed by atoms with Gasteiger partial charge in [-0.25, -0.2) is 12.9 Å². The summed E-state index contributed by atoms with van der Waals surface area (Å²) in [7, 11) is -3.74. The monoisotopic (exact) mass is 516 g/mol. The maximum Gasteiger partial charge on any atom is 0.275 e. The van der Waals surface area contributed by atoms with Crippen molar-refractivity contribution in [1.82, 2.24) is 18.9 Å². The molecule has 3 heterocycles. The van der Waals surface area contributed by atoms with Crippen LogP contribution in [0.5, 0.6) is 5.75 Å². The summed E-state index contributed by atoms with van der Waals surface area (Å²) in [6.07, 6.45) is 4.60. The van der Waals surface area contributed by atoms with Gasteiger partial charge < -0.3 is 14.8 Å². The lowest BCUT2D eigenvalue weighted by atomic mass is 9.95. The zero-order chi connectivity index (χ0) is 25.9. The Labute approximate surface area is 212 Å². The summed E-state index contributed by atoms with van der Waals surface area (Å²) in [5.41, 5.74) is 2.44. The van der Waals surface area contributed by atoms with E-state index in [-0.39, 0.29) is 22.9 Å². The third kappa shape index (κ3) is 5.21. The molecule has 3 aromatic rings. The minimum Gasteiger partial charge on any atom is -0.493 e. The Balaban J connectivity index is 1.78. The molecule has 1 aliphatic heterocycles. The lowest BCUT2D eigenvalue weighted by Gasteiger charge is -2.31. The van der Waals surface area contributed by atoms with Crippen LogP contribution < -0.4 is 10.3 Å². The highest BCUT2D eigenvalue weighted by atomic mass is 32.2. The molecule has 196 valence electrons. The van der Waals surface area contributed by atoms with E-state index in [1.54, 1.807) is 22.7 Å². The zero-order valence-corrected chi connectivity index (χ0v) is 22.1. The van der Waals surface area contributed by atoms with Crippen LogP contribution in [0.15, 0.2) is 34.0 Å². The Kier molecular flexibility index (Phi) is 8.17. The van der Waals surface area contributed by atoms with Gasteiger partial charge in [0.1, 0.15) is 11.3 Å². The van der Waals surface area contributed by atoms with Crippen LogP contribution >= 0.6 is 0 Å². The summed E-state index contributed by atoms with van der Waals surface area (Å²) < 4.78 is 36.1. The SMILES string of the molecule is CCCOc1ccc(S(=O)(=O)N2CCC(CCO)CC2)cc1-c1nn2c(CCC)cc(C)c2c(=O)[nH]1. The van der Waals surface area contributed by atoms with E-state index < -0.39 is 10.0 Å². The number of nitrogens with one attached hydrogen (secondary N) is 1. The second kappa shape index (κ2) is 11.1. The van der Waals surface area contributed by atoms with Crippen molar-refractivity contribution in [3.05, 3.63) is 45.9 Å². The van der Waals surface area contributed by atoms with E-state index in [2.05, 4.69) is 11.9 Å². The highest BCUT2D eigenvalue weighted by molar-refractivity contribution is 7.89. The normalized spacial score (nSPS) is 15.6. The highest BCUT2D eigenvalue weighted by Gasteiger charge is 2.30. The molecule has 1 aromatic carbocycles. The first-order valence-electron chi connectivity index (χ1n) is 12.8. The third-order valence-electron chi connectivity index (χ3n) is 6.81. The molecule has 9 nitrogen and oxygen atoms in total. The first-order chi connectivity index (χ1) is 17.3. The lowest BCUT2D eigenvalue weighted by Crippen LogP contribution is -2.38. The van der Waals surface area contributed by atoms with Gasteiger partial charge in [-0.05, 0) is 74.8 Å². The summed E-state index contributed by atoms with van der Waals surface area (Å²) in [6, 6.07) is 6.73. The Hall–Kier alpha value is -2.69. The number of nitrogens with zero attached hydrogens (tertiary/aromatic N) is 3. The Morgan fingerprint density at radius 2 is 1.92 bits per heavy atom. The molecule has 0 amide bonds.